The first-order valence-electron chi connectivity index (χ1n) is 7.13. The predicted molar refractivity (Wildman–Crippen MR) is 90.1 cm³/mol. The van der Waals surface area contributed by atoms with Crippen LogP contribution in [0.4, 0.5) is 5.69 Å². The van der Waals surface area contributed by atoms with Crippen LogP contribution in [-0.2, 0) is 0 Å². The van der Waals surface area contributed by atoms with E-state index in [-0.39, 0.29) is 5.91 Å². The molecule has 3 N–H and O–H groups in total. The average molecular weight is 313 g/mol. The summed E-state index contributed by atoms with van der Waals surface area (Å²) in [5, 5.41) is 3.94. The summed E-state index contributed by atoms with van der Waals surface area (Å²) in [4.78, 5) is 11.9. The Balaban J connectivity index is 2.03. The van der Waals surface area contributed by atoms with Crippen molar-refractivity contribution in [3.8, 4) is 11.5 Å². The summed E-state index contributed by atoms with van der Waals surface area (Å²) in [7, 11) is 1.58. The summed E-state index contributed by atoms with van der Waals surface area (Å²) in [6, 6.07) is 12.0. The summed E-state index contributed by atoms with van der Waals surface area (Å²) < 4.78 is 10.7. The van der Waals surface area contributed by atoms with E-state index in [4.69, 9.17) is 15.2 Å². The molecule has 0 saturated carbocycles. The van der Waals surface area contributed by atoms with Gasteiger partial charge in [-0.1, -0.05) is 0 Å². The average Bonchev–Trinajstić information content (AvgIpc) is 2.56. The molecule has 0 unspecified atom stereocenters. The highest BCUT2D eigenvalue weighted by atomic mass is 16.5. The zero-order chi connectivity index (χ0) is 16.7. The van der Waals surface area contributed by atoms with Crippen molar-refractivity contribution in [1.29, 1.82) is 0 Å². The maximum absolute atomic E-state index is 11.9. The number of rotatable bonds is 6. The third-order valence-corrected chi connectivity index (χ3v) is 3.04. The second-order valence-corrected chi connectivity index (χ2v) is 4.66. The molecule has 0 radical (unpaired) electrons. The molecule has 0 aliphatic carbocycles. The molecule has 0 aliphatic rings. The van der Waals surface area contributed by atoms with Crippen LogP contribution in [0.5, 0.6) is 11.5 Å². The standard InChI is InChI=1S/C17H19N3O3/c1-3-23-16-10-12(4-9-15(16)22-2)11-19-20-17(21)13-5-7-14(18)8-6-13/h4-11H,3,18H2,1-2H3,(H,20,21)/b19-11+. The van der Waals surface area contributed by atoms with Gasteiger partial charge >= 0.3 is 0 Å². The monoisotopic (exact) mass is 313 g/mol. The SMILES string of the molecule is CCOc1cc(/C=N/NC(=O)c2ccc(N)cc2)ccc1OC. The fourth-order valence-electron chi connectivity index (χ4n) is 1.91. The van der Waals surface area contributed by atoms with Crippen molar-refractivity contribution >= 4 is 17.8 Å². The van der Waals surface area contributed by atoms with Crippen molar-refractivity contribution in [3.05, 3.63) is 53.6 Å². The van der Waals surface area contributed by atoms with Crippen LogP contribution >= 0.6 is 0 Å². The Kier molecular flexibility index (Phi) is 5.57. The van der Waals surface area contributed by atoms with Crippen molar-refractivity contribution in [2.75, 3.05) is 19.5 Å². The molecular formula is C17H19N3O3. The maximum atomic E-state index is 11.9. The van der Waals surface area contributed by atoms with Gasteiger partial charge in [0.05, 0.1) is 19.9 Å². The van der Waals surface area contributed by atoms with E-state index in [9.17, 15) is 4.79 Å². The Morgan fingerprint density at radius 3 is 2.61 bits per heavy atom. The molecule has 0 aromatic heterocycles. The number of nitrogens with zero attached hydrogens (tertiary/aromatic N) is 1. The van der Waals surface area contributed by atoms with Gasteiger partial charge < -0.3 is 15.2 Å². The molecule has 0 spiro atoms. The summed E-state index contributed by atoms with van der Waals surface area (Å²) in [6.45, 7) is 2.43. The van der Waals surface area contributed by atoms with Gasteiger partial charge in [-0.15, -0.1) is 0 Å². The van der Waals surface area contributed by atoms with Gasteiger partial charge in [0.1, 0.15) is 0 Å². The van der Waals surface area contributed by atoms with Crippen LogP contribution in [0.15, 0.2) is 47.6 Å². The molecule has 1 amide bonds. The fraction of sp³-hybridized carbons (Fsp3) is 0.176. The molecule has 6 heteroatoms. The minimum Gasteiger partial charge on any atom is -0.493 e. The van der Waals surface area contributed by atoms with Crippen molar-refractivity contribution in [2.45, 2.75) is 6.92 Å². The molecule has 0 heterocycles. The smallest absolute Gasteiger partial charge is 0.271 e. The third-order valence-electron chi connectivity index (χ3n) is 3.04. The quantitative estimate of drug-likeness (QED) is 0.487. The zero-order valence-electron chi connectivity index (χ0n) is 13.1. The Morgan fingerprint density at radius 1 is 1.22 bits per heavy atom. The molecule has 2 rings (SSSR count). The first-order valence-corrected chi connectivity index (χ1v) is 7.13. The van der Waals surface area contributed by atoms with Crippen molar-refractivity contribution in [3.63, 3.8) is 0 Å². The number of carbonyl (C=O) groups excluding carboxylic acids is 1. The van der Waals surface area contributed by atoms with E-state index in [2.05, 4.69) is 10.5 Å². The highest BCUT2D eigenvalue weighted by Crippen LogP contribution is 2.27. The van der Waals surface area contributed by atoms with Crippen molar-refractivity contribution in [1.82, 2.24) is 5.43 Å². The topological polar surface area (TPSA) is 85.9 Å². The molecule has 2 aromatic rings. The highest BCUT2D eigenvalue weighted by Gasteiger charge is 2.05. The summed E-state index contributed by atoms with van der Waals surface area (Å²) in [6.07, 6.45) is 1.54. The number of amides is 1. The van der Waals surface area contributed by atoms with Gasteiger partial charge in [-0.2, -0.15) is 5.10 Å². The van der Waals surface area contributed by atoms with E-state index in [1.165, 1.54) is 6.21 Å². The van der Waals surface area contributed by atoms with Crippen molar-refractivity contribution < 1.29 is 14.3 Å². The van der Waals surface area contributed by atoms with E-state index in [1.54, 1.807) is 43.5 Å². The van der Waals surface area contributed by atoms with E-state index in [0.717, 1.165) is 5.56 Å². The fourth-order valence-corrected chi connectivity index (χ4v) is 1.91. The number of hydrazone groups is 1. The van der Waals surface area contributed by atoms with E-state index < -0.39 is 0 Å². The first kappa shape index (κ1) is 16.4. The normalized spacial score (nSPS) is 10.5. The zero-order valence-corrected chi connectivity index (χ0v) is 13.1. The Morgan fingerprint density at radius 2 is 1.96 bits per heavy atom. The Labute approximate surface area is 134 Å². The number of anilines is 1. The predicted octanol–water partition coefficient (Wildman–Crippen LogP) is 2.44. The van der Waals surface area contributed by atoms with Crippen LogP contribution in [0.3, 0.4) is 0 Å². The molecule has 0 aliphatic heterocycles. The van der Waals surface area contributed by atoms with Gasteiger partial charge in [0.15, 0.2) is 11.5 Å². The lowest BCUT2D eigenvalue weighted by Crippen LogP contribution is -2.17. The van der Waals surface area contributed by atoms with Gasteiger partial charge in [-0.25, -0.2) is 5.43 Å². The van der Waals surface area contributed by atoms with E-state index in [1.807, 2.05) is 13.0 Å². The molecule has 0 saturated heterocycles. The van der Waals surface area contributed by atoms with Gasteiger partial charge in [0.2, 0.25) is 0 Å². The summed E-state index contributed by atoms with van der Waals surface area (Å²) >= 11 is 0. The number of hydrogen-bond acceptors (Lipinski definition) is 5. The van der Waals surface area contributed by atoms with Crippen LogP contribution < -0.4 is 20.6 Å². The molecule has 23 heavy (non-hydrogen) atoms. The van der Waals surface area contributed by atoms with Crippen LogP contribution in [0, 0.1) is 0 Å². The lowest BCUT2D eigenvalue weighted by Gasteiger charge is -2.09. The molecule has 0 atom stereocenters. The second-order valence-electron chi connectivity index (χ2n) is 4.66. The Hall–Kier alpha value is -3.02. The van der Waals surface area contributed by atoms with E-state index in [0.29, 0.717) is 29.4 Å². The molecule has 0 fully saturated rings. The number of nitrogens with one attached hydrogen (secondary N) is 1. The molecule has 0 bridgehead atoms. The first-order chi connectivity index (χ1) is 11.1. The number of carbonyl (C=O) groups is 1. The Bertz CT molecular complexity index is 697. The lowest BCUT2D eigenvalue weighted by atomic mass is 10.2. The highest BCUT2D eigenvalue weighted by molar-refractivity contribution is 5.95. The molecule has 6 nitrogen and oxygen atoms in total. The number of ether oxygens (including phenoxy) is 2. The van der Waals surface area contributed by atoms with Gasteiger partial charge in [0, 0.05) is 11.3 Å². The molecule has 120 valence electrons. The van der Waals surface area contributed by atoms with Gasteiger partial charge in [-0.3, -0.25) is 4.79 Å². The number of nitrogens with two attached hydrogens (primary N) is 1. The van der Waals surface area contributed by atoms with Crippen LogP contribution in [0.1, 0.15) is 22.8 Å². The second kappa shape index (κ2) is 7.84. The van der Waals surface area contributed by atoms with E-state index >= 15 is 0 Å². The largest absolute Gasteiger partial charge is 0.493 e. The van der Waals surface area contributed by atoms with Crippen LogP contribution in [-0.4, -0.2) is 25.8 Å². The summed E-state index contributed by atoms with van der Waals surface area (Å²) in [5.74, 6) is 0.971. The molecule has 2 aromatic carbocycles. The third kappa shape index (κ3) is 4.47. The lowest BCUT2D eigenvalue weighted by molar-refractivity contribution is 0.0955. The minimum absolute atomic E-state index is 0.306. The van der Waals surface area contributed by atoms with Gasteiger partial charge in [-0.05, 0) is 55.0 Å². The van der Waals surface area contributed by atoms with Crippen LogP contribution in [0.25, 0.3) is 0 Å². The minimum atomic E-state index is -0.306. The number of nitrogen functional groups attached to an aromatic ring is 1. The summed E-state index contributed by atoms with van der Waals surface area (Å²) in [5.41, 5.74) is 9.92. The van der Waals surface area contributed by atoms with Crippen molar-refractivity contribution in [2.24, 2.45) is 5.10 Å². The number of methoxy groups -OCH3 is 1. The van der Waals surface area contributed by atoms with Crippen LogP contribution in [0.2, 0.25) is 0 Å². The van der Waals surface area contributed by atoms with Gasteiger partial charge in [0.25, 0.3) is 5.91 Å². The maximum Gasteiger partial charge on any atom is 0.271 e. The number of hydrogen-bond donors (Lipinski definition) is 2. The molecular weight excluding hydrogens is 294 g/mol. The number of benzene rings is 2.